The summed E-state index contributed by atoms with van der Waals surface area (Å²) in [5.74, 6) is 1.53. The largest absolute Gasteiger partial charge is 0.304 e. The predicted molar refractivity (Wildman–Crippen MR) is 85.5 cm³/mol. The molecule has 102 valence electrons. The van der Waals surface area contributed by atoms with Gasteiger partial charge in [-0.25, -0.2) is 4.98 Å². The summed E-state index contributed by atoms with van der Waals surface area (Å²) in [5.41, 5.74) is 3.90. The summed E-state index contributed by atoms with van der Waals surface area (Å²) in [6.07, 6.45) is 9.35. The van der Waals surface area contributed by atoms with Gasteiger partial charge in [0.05, 0.1) is 0 Å². The monoisotopic (exact) mass is 272 g/mol. The van der Waals surface area contributed by atoms with Crippen molar-refractivity contribution in [1.82, 2.24) is 9.55 Å². The Bertz CT molecular complexity index is 784. The van der Waals surface area contributed by atoms with Crippen molar-refractivity contribution < 1.29 is 0 Å². The van der Waals surface area contributed by atoms with E-state index in [4.69, 9.17) is 0 Å². The van der Waals surface area contributed by atoms with E-state index in [2.05, 4.69) is 70.2 Å². The van der Waals surface area contributed by atoms with E-state index in [1.165, 1.54) is 16.8 Å². The van der Waals surface area contributed by atoms with Gasteiger partial charge in [-0.3, -0.25) is 0 Å². The molecule has 1 aliphatic carbocycles. The van der Waals surface area contributed by atoms with Gasteiger partial charge in [0.2, 0.25) is 0 Å². The Kier molecular flexibility index (Phi) is 2.93. The molecule has 2 heteroatoms. The van der Waals surface area contributed by atoms with Gasteiger partial charge < -0.3 is 4.57 Å². The third-order valence-electron chi connectivity index (χ3n) is 4.06. The van der Waals surface area contributed by atoms with Crippen molar-refractivity contribution in [1.29, 1.82) is 0 Å². The third kappa shape index (κ3) is 2.19. The van der Waals surface area contributed by atoms with Gasteiger partial charge in [0.25, 0.3) is 0 Å². The zero-order chi connectivity index (χ0) is 14.1. The van der Waals surface area contributed by atoms with Crippen LogP contribution < -0.4 is 0 Å². The van der Waals surface area contributed by atoms with Gasteiger partial charge in [0.1, 0.15) is 5.82 Å². The molecule has 4 rings (SSSR count). The minimum Gasteiger partial charge on any atom is -0.304 e. The normalized spacial score (nSPS) is 16.1. The highest BCUT2D eigenvalue weighted by molar-refractivity contribution is 5.62. The molecule has 0 aliphatic heterocycles. The Morgan fingerprint density at radius 1 is 0.952 bits per heavy atom. The summed E-state index contributed by atoms with van der Waals surface area (Å²) in [6.45, 7) is 0. The SMILES string of the molecule is C1=CC(Cc2nccn2-c2ccccc2)c2ccccc21. The zero-order valence-electron chi connectivity index (χ0n) is 11.7. The van der Waals surface area contributed by atoms with Crippen molar-refractivity contribution in [3.63, 3.8) is 0 Å². The first kappa shape index (κ1) is 12.2. The van der Waals surface area contributed by atoms with Crippen molar-refractivity contribution in [2.45, 2.75) is 12.3 Å². The second-order valence-corrected chi connectivity index (χ2v) is 5.35. The highest BCUT2D eigenvalue weighted by atomic mass is 15.1. The molecule has 21 heavy (non-hydrogen) atoms. The molecule has 0 amide bonds. The van der Waals surface area contributed by atoms with E-state index in [1.807, 2.05) is 18.5 Å². The first-order valence-corrected chi connectivity index (χ1v) is 7.26. The first-order chi connectivity index (χ1) is 10.4. The van der Waals surface area contributed by atoms with Crippen LogP contribution in [-0.2, 0) is 6.42 Å². The molecule has 1 aromatic heterocycles. The standard InChI is InChI=1S/C19H16N2/c1-2-7-17(8-3-1)21-13-12-20-19(21)14-16-11-10-15-6-4-5-9-18(15)16/h1-13,16H,14H2. The second-order valence-electron chi connectivity index (χ2n) is 5.35. The van der Waals surface area contributed by atoms with Crippen molar-refractivity contribution >= 4 is 6.08 Å². The van der Waals surface area contributed by atoms with E-state index in [0.717, 1.165) is 12.2 Å². The van der Waals surface area contributed by atoms with Gasteiger partial charge in [-0.05, 0) is 23.3 Å². The van der Waals surface area contributed by atoms with Crippen LogP contribution in [0.15, 0.2) is 73.1 Å². The molecule has 0 N–H and O–H groups in total. The maximum Gasteiger partial charge on any atom is 0.114 e. The van der Waals surface area contributed by atoms with E-state index in [0.29, 0.717) is 5.92 Å². The van der Waals surface area contributed by atoms with Gasteiger partial charge in [0, 0.05) is 30.4 Å². The number of rotatable bonds is 3. The highest BCUT2D eigenvalue weighted by Gasteiger charge is 2.19. The number of para-hydroxylation sites is 1. The maximum absolute atomic E-state index is 4.56. The van der Waals surface area contributed by atoms with Crippen LogP contribution in [0.2, 0.25) is 0 Å². The van der Waals surface area contributed by atoms with Crippen molar-refractivity contribution in [2.24, 2.45) is 0 Å². The Labute approximate surface area is 124 Å². The van der Waals surface area contributed by atoms with Crippen molar-refractivity contribution in [2.75, 3.05) is 0 Å². The van der Waals surface area contributed by atoms with Crippen LogP contribution in [0.1, 0.15) is 22.9 Å². The molecule has 0 saturated carbocycles. The van der Waals surface area contributed by atoms with Crippen LogP contribution in [0.4, 0.5) is 0 Å². The number of hydrogen-bond acceptors (Lipinski definition) is 1. The average Bonchev–Trinajstić information content (AvgIpc) is 3.16. The molecule has 1 heterocycles. The number of allylic oxidation sites excluding steroid dienone is 1. The summed E-state index contributed by atoms with van der Waals surface area (Å²) in [4.78, 5) is 4.56. The molecule has 2 nitrogen and oxygen atoms in total. The lowest BCUT2D eigenvalue weighted by Gasteiger charge is -2.13. The molecule has 2 aromatic carbocycles. The molecular weight excluding hydrogens is 256 g/mol. The third-order valence-corrected chi connectivity index (χ3v) is 4.06. The van der Waals surface area contributed by atoms with Crippen molar-refractivity contribution in [3.8, 4) is 5.69 Å². The number of nitrogens with zero attached hydrogens (tertiary/aromatic N) is 2. The molecule has 1 unspecified atom stereocenters. The summed E-state index contributed by atoms with van der Waals surface area (Å²) >= 11 is 0. The number of fused-ring (bicyclic) bond motifs is 1. The van der Waals surface area contributed by atoms with E-state index in [1.54, 1.807) is 0 Å². The molecule has 0 saturated heterocycles. The summed E-state index contributed by atoms with van der Waals surface area (Å²) < 4.78 is 2.18. The summed E-state index contributed by atoms with van der Waals surface area (Å²) in [5, 5.41) is 0. The van der Waals surface area contributed by atoms with Gasteiger partial charge in [-0.2, -0.15) is 0 Å². The fourth-order valence-corrected chi connectivity index (χ4v) is 3.01. The Morgan fingerprint density at radius 3 is 2.67 bits per heavy atom. The molecule has 3 aromatic rings. The Balaban J connectivity index is 1.66. The fraction of sp³-hybridized carbons (Fsp3) is 0.105. The van der Waals surface area contributed by atoms with Crippen LogP contribution >= 0.6 is 0 Å². The van der Waals surface area contributed by atoms with Crippen molar-refractivity contribution in [3.05, 3.63) is 90.0 Å². The second kappa shape index (κ2) is 5.06. The number of imidazole rings is 1. The lowest BCUT2D eigenvalue weighted by Crippen LogP contribution is -2.05. The molecular formula is C19H16N2. The maximum atomic E-state index is 4.56. The molecule has 1 aliphatic rings. The Hall–Kier alpha value is -2.61. The highest BCUT2D eigenvalue weighted by Crippen LogP contribution is 2.32. The summed E-state index contributed by atoms with van der Waals surface area (Å²) in [6, 6.07) is 19.0. The fourth-order valence-electron chi connectivity index (χ4n) is 3.01. The van der Waals surface area contributed by atoms with Crippen LogP contribution in [0.5, 0.6) is 0 Å². The van der Waals surface area contributed by atoms with E-state index in [9.17, 15) is 0 Å². The smallest absolute Gasteiger partial charge is 0.114 e. The lowest BCUT2D eigenvalue weighted by atomic mass is 9.97. The topological polar surface area (TPSA) is 17.8 Å². The van der Waals surface area contributed by atoms with E-state index < -0.39 is 0 Å². The van der Waals surface area contributed by atoms with Gasteiger partial charge in [0.15, 0.2) is 0 Å². The first-order valence-electron chi connectivity index (χ1n) is 7.26. The number of benzene rings is 2. The Morgan fingerprint density at radius 2 is 1.76 bits per heavy atom. The van der Waals surface area contributed by atoms with Gasteiger partial charge in [-0.15, -0.1) is 0 Å². The predicted octanol–water partition coefficient (Wildman–Crippen LogP) is 4.23. The van der Waals surface area contributed by atoms with Crippen LogP contribution in [0, 0.1) is 0 Å². The quantitative estimate of drug-likeness (QED) is 0.698. The molecule has 0 radical (unpaired) electrons. The molecule has 1 atom stereocenters. The molecule has 0 fully saturated rings. The minimum atomic E-state index is 0.422. The lowest BCUT2D eigenvalue weighted by molar-refractivity contribution is 0.767. The van der Waals surface area contributed by atoms with Crippen LogP contribution in [-0.4, -0.2) is 9.55 Å². The number of aromatic nitrogens is 2. The van der Waals surface area contributed by atoms with Crippen LogP contribution in [0.25, 0.3) is 11.8 Å². The minimum absolute atomic E-state index is 0.422. The molecule has 0 spiro atoms. The van der Waals surface area contributed by atoms with Gasteiger partial charge >= 0.3 is 0 Å². The average molecular weight is 272 g/mol. The summed E-state index contributed by atoms with van der Waals surface area (Å²) in [7, 11) is 0. The van der Waals surface area contributed by atoms with Crippen LogP contribution in [0.3, 0.4) is 0 Å². The molecule has 0 bridgehead atoms. The number of hydrogen-bond donors (Lipinski definition) is 0. The van der Waals surface area contributed by atoms with E-state index in [-0.39, 0.29) is 0 Å². The van der Waals surface area contributed by atoms with Gasteiger partial charge in [-0.1, -0.05) is 54.6 Å². The zero-order valence-corrected chi connectivity index (χ0v) is 11.7. The van der Waals surface area contributed by atoms with E-state index >= 15 is 0 Å².